The number of anilines is 1. The standard InChI is InChI=1S/C46H56BrN7O6S.ClH/c1-6-58-46(55)45-38(18-11-30-59-42-19-9-14-33-13-7-8-15-36(33)42)37-16-10-17-39(44(37)54(45)25-12-24-48-2)43-40(31-47)49-51(5)41(43)32-60-35-22-20-34(21-23-35)52-26-28-53(29-27-52)61(56,57)50(3)4;/h7-10,13-17,19-23,48H,6,11-12,18,24-32H2,1-5H3;1H. The molecule has 0 bridgehead atoms. The molecule has 0 aliphatic carbocycles. The third-order valence-corrected chi connectivity index (χ3v) is 13.8. The molecule has 1 N–H and O–H groups in total. The average molecular weight is 951 g/mol. The van der Waals surface area contributed by atoms with Crippen LogP contribution in [0.15, 0.2) is 84.9 Å². The summed E-state index contributed by atoms with van der Waals surface area (Å²) in [6.07, 6.45) is 2.12. The molecule has 0 atom stereocenters. The number of fused-ring (bicyclic) bond motifs is 2. The molecule has 62 heavy (non-hydrogen) atoms. The molecule has 13 nitrogen and oxygen atoms in total. The van der Waals surface area contributed by atoms with Gasteiger partial charge in [-0.2, -0.15) is 22.1 Å². The van der Waals surface area contributed by atoms with Gasteiger partial charge in [0, 0.05) is 86.8 Å². The summed E-state index contributed by atoms with van der Waals surface area (Å²) in [5.74, 6) is 1.22. The van der Waals surface area contributed by atoms with Gasteiger partial charge in [-0.15, -0.1) is 12.4 Å². The second-order valence-corrected chi connectivity index (χ2v) is 18.0. The van der Waals surface area contributed by atoms with Crippen LogP contribution in [0.1, 0.15) is 47.2 Å². The van der Waals surface area contributed by atoms with Crippen molar-refractivity contribution in [1.29, 1.82) is 0 Å². The predicted molar refractivity (Wildman–Crippen MR) is 253 cm³/mol. The minimum atomic E-state index is -3.44. The fourth-order valence-electron chi connectivity index (χ4n) is 8.26. The summed E-state index contributed by atoms with van der Waals surface area (Å²) >= 11 is 3.73. The maximum Gasteiger partial charge on any atom is 0.355 e. The van der Waals surface area contributed by atoms with Crippen LogP contribution in [0.4, 0.5) is 5.69 Å². The van der Waals surface area contributed by atoms with Crippen molar-refractivity contribution < 1.29 is 27.4 Å². The van der Waals surface area contributed by atoms with E-state index in [0.717, 1.165) is 74.2 Å². The van der Waals surface area contributed by atoms with Crippen molar-refractivity contribution in [1.82, 2.24) is 28.3 Å². The minimum absolute atomic E-state index is 0. The van der Waals surface area contributed by atoms with Crippen LogP contribution in [0.5, 0.6) is 11.5 Å². The zero-order valence-electron chi connectivity index (χ0n) is 36.1. The summed E-state index contributed by atoms with van der Waals surface area (Å²) in [4.78, 5) is 16.2. The number of para-hydroxylation sites is 1. The number of esters is 1. The van der Waals surface area contributed by atoms with Crippen molar-refractivity contribution in [2.24, 2.45) is 7.05 Å². The van der Waals surface area contributed by atoms with E-state index in [-0.39, 0.29) is 31.6 Å². The Hall–Kier alpha value is -4.64. The highest BCUT2D eigenvalue weighted by atomic mass is 79.9. The minimum Gasteiger partial charge on any atom is -0.493 e. The van der Waals surface area contributed by atoms with Crippen molar-refractivity contribution >= 4 is 71.9 Å². The van der Waals surface area contributed by atoms with Gasteiger partial charge in [-0.25, -0.2) is 4.79 Å². The molecule has 0 unspecified atom stereocenters. The molecule has 6 aromatic rings. The van der Waals surface area contributed by atoms with E-state index in [0.29, 0.717) is 68.9 Å². The van der Waals surface area contributed by atoms with Crippen LogP contribution in [0, 0.1) is 0 Å². The van der Waals surface area contributed by atoms with Crippen LogP contribution in [0.2, 0.25) is 0 Å². The van der Waals surface area contributed by atoms with Crippen LogP contribution in [-0.2, 0) is 46.9 Å². The van der Waals surface area contributed by atoms with Gasteiger partial charge in [0.1, 0.15) is 23.8 Å². The van der Waals surface area contributed by atoms with Crippen LogP contribution in [-0.4, -0.2) is 104 Å². The van der Waals surface area contributed by atoms with Crippen molar-refractivity contribution in [3.05, 3.63) is 108 Å². The lowest BCUT2D eigenvalue weighted by Gasteiger charge is -2.36. The fraction of sp³-hybridized carbons (Fsp3) is 0.391. The predicted octanol–water partition coefficient (Wildman–Crippen LogP) is 7.82. The molecule has 0 radical (unpaired) electrons. The van der Waals surface area contributed by atoms with Crippen LogP contribution >= 0.6 is 28.3 Å². The van der Waals surface area contributed by atoms with Crippen molar-refractivity contribution in [2.45, 2.75) is 44.7 Å². The average Bonchev–Trinajstić information content (AvgIpc) is 3.77. The first kappa shape index (κ1) is 46.9. The van der Waals surface area contributed by atoms with E-state index in [1.807, 2.05) is 74.2 Å². The number of aromatic nitrogens is 3. The highest BCUT2D eigenvalue weighted by Crippen LogP contribution is 2.40. The Morgan fingerprint density at radius 1 is 0.903 bits per heavy atom. The molecule has 1 aliphatic heterocycles. The van der Waals surface area contributed by atoms with Gasteiger partial charge in [0.2, 0.25) is 0 Å². The molecule has 1 fully saturated rings. The molecule has 0 spiro atoms. The number of aryl methyl sites for hydroxylation is 3. The van der Waals surface area contributed by atoms with Gasteiger partial charge in [0.15, 0.2) is 0 Å². The van der Waals surface area contributed by atoms with Gasteiger partial charge in [0.25, 0.3) is 10.2 Å². The highest BCUT2D eigenvalue weighted by molar-refractivity contribution is 9.08. The number of benzene rings is 4. The van der Waals surface area contributed by atoms with E-state index in [1.54, 1.807) is 14.1 Å². The van der Waals surface area contributed by atoms with E-state index in [2.05, 4.69) is 67.1 Å². The van der Waals surface area contributed by atoms with E-state index < -0.39 is 10.2 Å². The number of piperazine rings is 1. The van der Waals surface area contributed by atoms with E-state index >= 15 is 0 Å². The number of rotatable bonds is 19. The molecule has 0 amide bonds. The van der Waals surface area contributed by atoms with Crippen LogP contribution < -0.4 is 19.7 Å². The Bertz CT molecular complexity index is 2570. The third kappa shape index (κ3) is 9.93. The lowest BCUT2D eigenvalue weighted by atomic mass is 9.98. The first-order chi connectivity index (χ1) is 29.6. The van der Waals surface area contributed by atoms with E-state index in [1.165, 1.54) is 8.61 Å². The Labute approximate surface area is 379 Å². The summed E-state index contributed by atoms with van der Waals surface area (Å²) in [6, 6.07) is 28.5. The number of nitrogens with one attached hydrogen (secondary N) is 1. The van der Waals surface area contributed by atoms with Crippen LogP contribution in [0.3, 0.4) is 0 Å². The number of halogens is 2. The Morgan fingerprint density at radius 2 is 1.61 bits per heavy atom. The number of nitrogens with zero attached hydrogens (tertiary/aromatic N) is 6. The molecule has 3 heterocycles. The lowest BCUT2D eigenvalue weighted by Crippen LogP contribution is -2.51. The Kier molecular flexibility index (Phi) is 16.0. The van der Waals surface area contributed by atoms with Crippen molar-refractivity contribution in [3.63, 3.8) is 0 Å². The normalized spacial score (nSPS) is 13.5. The number of carbonyl (C=O) groups is 1. The molecule has 16 heteroatoms. The molecule has 1 aliphatic rings. The molecule has 0 saturated carbocycles. The molecule has 7 rings (SSSR count). The fourth-order valence-corrected chi connectivity index (χ4v) is 9.74. The monoisotopic (exact) mass is 949 g/mol. The zero-order chi connectivity index (χ0) is 43.1. The SMILES string of the molecule is CCOC(=O)c1c(CCCOc2cccc3ccccc23)c2cccc(-c3c(CBr)nn(C)c3COc3ccc(N4CCN(S(=O)(=O)N(C)C)CC4)cc3)c2n1CCCNC.Cl. The van der Waals surface area contributed by atoms with Gasteiger partial charge < -0.3 is 29.0 Å². The van der Waals surface area contributed by atoms with Crippen LogP contribution in [0.25, 0.3) is 32.8 Å². The summed E-state index contributed by atoms with van der Waals surface area (Å²) in [7, 11) is 3.55. The molecule has 1 saturated heterocycles. The van der Waals surface area contributed by atoms with Gasteiger partial charge in [0.05, 0.1) is 30.1 Å². The molecular weight excluding hydrogens is 894 g/mol. The lowest BCUT2D eigenvalue weighted by molar-refractivity contribution is 0.0512. The second-order valence-electron chi connectivity index (χ2n) is 15.3. The number of alkyl halides is 1. The first-order valence-electron chi connectivity index (χ1n) is 20.9. The van der Waals surface area contributed by atoms with Crippen molar-refractivity contribution in [3.8, 4) is 22.6 Å². The molecular formula is C46H57BrClN7O6S. The maximum atomic E-state index is 14.0. The van der Waals surface area contributed by atoms with Gasteiger partial charge in [-0.05, 0) is 81.1 Å². The van der Waals surface area contributed by atoms with Crippen molar-refractivity contribution in [2.75, 3.05) is 72.0 Å². The first-order valence-corrected chi connectivity index (χ1v) is 23.4. The second kappa shape index (κ2) is 21.2. The largest absolute Gasteiger partial charge is 0.493 e. The maximum absolute atomic E-state index is 14.0. The number of carbonyl (C=O) groups excluding carboxylic acids is 1. The van der Waals surface area contributed by atoms with E-state index in [4.69, 9.17) is 19.3 Å². The highest BCUT2D eigenvalue weighted by Gasteiger charge is 2.30. The Balaban J connectivity index is 0.00000641. The van der Waals surface area contributed by atoms with Gasteiger partial charge in [-0.1, -0.05) is 70.5 Å². The quantitative estimate of drug-likeness (QED) is 0.0492. The van der Waals surface area contributed by atoms with Gasteiger partial charge >= 0.3 is 5.97 Å². The number of hydrogen-bond donors (Lipinski definition) is 1. The molecule has 332 valence electrons. The zero-order valence-corrected chi connectivity index (χ0v) is 39.3. The summed E-state index contributed by atoms with van der Waals surface area (Å²) in [5.41, 5.74) is 7.19. The topological polar surface area (TPSA) is 123 Å². The third-order valence-electron chi connectivity index (χ3n) is 11.3. The Morgan fingerprint density at radius 3 is 2.32 bits per heavy atom. The molecule has 4 aromatic carbocycles. The summed E-state index contributed by atoms with van der Waals surface area (Å²) < 4.78 is 50.7. The number of ether oxygens (including phenoxy) is 3. The van der Waals surface area contributed by atoms with Gasteiger partial charge in [-0.3, -0.25) is 4.68 Å². The van der Waals surface area contributed by atoms with E-state index in [9.17, 15) is 13.2 Å². The summed E-state index contributed by atoms with van der Waals surface area (Å²) in [6.45, 7) is 6.29. The molecule has 2 aromatic heterocycles. The number of hydrogen-bond acceptors (Lipinski definition) is 9. The smallest absolute Gasteiger partial charge is 0.355 e. The summed E-state index contributed by atoms with van der Waals surface area (Å²) in [5, 5.41) is 11.9.